The number of carboxylic acid groups (broad SMARTS) is 1. The van der Waals surface area contributed by atoms with Crippen LogP contribution in [0, 0.1) is 12.3 Å². The van der Waals surface area contributed by atoms with E-state index in [1.165, 1.54) is 23.0 Å². The van der Waals surface area contributed by atoms with Gasteiger partial charge < -0.3 is 20.9 Å². The molecular formula is C26H32F3N5O6S. The lowest BCUT2D eigenvalue weighted by molar-refractivity contribution is -0.137. The number of ether oxygens (including phenoxy) is 1. The number of aryl methyl sites for hydroxylation is 1. The van der Waals surface area contributed by atoms with Gasteiger partial charge >= 0.3 is 12.1 Å². The van der Waals surface area contributed by atoms with Crippen LogP contribution in [-0.4, -0.2) is 55.1 Å². The van der Waals surface area contributed by atoms with E-state index in [4.69, 9.17) is 15.6 Å². The van der Waals surface area contributed by atoms with Crippen LogP contribution >= 0.6 is 0 Å². The van der Waals surface area contributed by atoms with Gasteiger partial charge in [0.25, 0.3) is 5.91 Å². The van der Waals surface area contributed by atoms with Crippen LogP contribution in [-0.2, 0) is 16.2 Å². The fourth-order valence-electron chi connectivity index (χ4n) is 3.14. The molecule has 0 aliphatic heterocycles. The van der Waals surface area contributed by atoms with Gasteiger partial charge in [0.1, 0.15) is 0 Å². The Hall–Kier alpha value is -4.11. The smallest absolute Gasteiger partial charge is 0.416 e. The first-order valence-electron chi connectivity index (χ1n) is 11.9. The van der Waals surface area contributed by atoms with E-state index in [1.807, 2.05) is 4.72 Å². The number of nitrogens with two attached hydrogens (primary N) is 1. The first kappa shape index (κ1) is 33.1. The summed E-state index contributed by atoms with van der Waals surface area (Å²) in [7, 11) is -2.87. The van der Waals surface area contributed by atoms with Crippen LogP contribution in [0.15, 0.2) is 42.7 Å². The number of amides is 1. The average molecular weight is 600 g/mol. The van der Waals surface area contributed by atoms with E-state index < -0.39 is 45.0 Å². The van der Waals surface area contributed by atoms with E-state index in [2.05, 4.69) is 31.2 Å². The van der Waals surface area contributed by atoms with Gasteiger partial charge in [0.15, 0.2) is 5.75 Å². The number of carbonyl (C=O) groups is 2. The summed E-state index contributed by atoms with van der Waals surface area (Å²) in [5.74, 6) is -2.36. The van der Waals surface area contributed by atoms with Gasteiger partial charge in [-0.2, -0.15) is 18.3 Å². The molecule has 0 bridgehead atoms. The zero-order valence-corrected chi connectivity index (χ0v) is 24.1. The van der Waals surface area contributed by atoms with Crippen LogP contribution in [0.4, 0.5) is 24.5 Å². The minimum absolute atomic E-state index is 0.00932. The number of hydrogen-bond donors (Lipinski definition) is 4. The molecule has 0 fully saturated rings. The Labute approximate surface area is 235 Å². The predicted molar refractivity (Wildman–Crippen MR) is 148 cm³/mol. The summed E-state index contributed by atoms with van der Waals surface area (Å²) in [4.78, 5) is 24.1. The number of aromatic carboxylic acids is 1. The molecule has 0 spiro atoms. The third-order valence-corrected chi connectivity index (χ3v) is 5.91. The molecule has 11 nitrogen and oxygen atoms in total. The summed E-state index contributed by atoms with van der Waals surface area (Å²) in [6.07, 6.45) is -1.73. The monoisotopic (exact) mass is 599 g/mol. The number of benzene rings is 2. The number of rotatable bonds is 7. The Morgan fingerprint density at radius 2 is 1.68 bits per heavy atom. The number of carbonyl (C=O) groups excluding carboxylic acids is 1. The largest absolute Gasteiger partial charge is 0.492 e. The van der Waals surface area contributed by atoms with Gasteiger partial charge in [-0.05, 0) is 48.7 Å². The summed E-state index contributed by atoms with van der Waals surface area (Å²) in [5, 5.41) is 15.4. The van der Waals surface area contributed by atoms with Crippen molar-refractivity contribution in [3.8, 4) is 11.4 Å². The van der Waals surface area contributed by atoms with E-state index in [0.717, 1.165) is 26.1 Å². The molecule has 0 radical (unpaired) electrons. The second-order valence-corrected chi connectivity index (χ2v) is 11.9. The molecule has 3 rings (SSSR count). The molecule has 41 heavy (non-hydrogen) atoms. The third-order valence-electron chi connectivity index (χ3n) is 5.32. The molecule has 15 heteroatoms. The SMILES string of the molecule is CC(C)(C)CN.COc1c(NC(=O)c2ccc(C)c(-n3cc(C(=O)O)cn3)c2)cc(C(F)(F)F)cc1NS(C)(=O)=O. The molecular weight excluding hydrogens is 567 g/mol. The molecule has 0 aliphatic carbocycles. The minimum atomic E-state index is -4.85. The second kappa shape index (κ2) is 12.6. The van der Waals surface area contributed by atoms with Crippen molar-refractivity contribution in [3.05, 3.63) is 65.0 Å². The second-order valence-electron chi connectivity index (χ2n) is 10.2. The lowest BCUT2D eigenvalue weighted by Crippen LogP contribution is -2.18. The van der Waals surface area contributed by atoms with Crippen LogP contribution in [0.5, 0.6) is 5.75 Å². The number of alkyl halides is 3. The molecule has 2 aromatic carbocycles. The summed E-state index contributed by atoms with van der Waals surface area (Å²) >= 11 is 0. The average Bonchev–Trinajstić information content (AvgIpc) is 3.33. The van der Waals surface area contributed by atoms with Crippen molar-refractivity contribution in [3.63, 3.8) is 0 Å². The van der Waals surface area contributed by atoms with E-state index >= 15 is 0 Å². The number of hydrogen-bond acceptors (Lipinski definition) is 7. The maximum absolute atomic E-state index is 13.4. The molecule has 1 aromatic heterocycles. The summed E-state index contributed by atoms with van der Waals surface area (Å²) in [6.45, 7) is 8.82. The zero-order chi connectivity index (χ0) is 31.3. The molecule has 5 N–H and O–H groups in total. The Balaban J connectivity index is 0.000000883. The highest BCUT2D eigenvalue weighted by molar-refractivity contribution is 7.92. The van der Waals surface area contributed by atoms with Crippen molar-refractivity contribution in [1.82, 2.24) is 9.78 Å². The van der Waals surface area contributed by atoms with E-state index in [0.29, 0.717) is 28.8 Å². The normalized spacial score (nSPS) is 11.8. The van der Waals surface area contributed by atoms with Crippen molar-refractivity contribution in [2.75, 3.05) is 29.9 Å². The molecule has 1 amide bonds. The maximum atomic E-state index is 13.4. The van der Waals surface area contributed by atoms with Crippen LogP contribution in [0.2, 0.25) is 0 Å². The third kappa shape index (κ3) is 9.49. The van der Waals surface area contributed by atoms with E-state index in [9.17, 15) is 31.2 Å². The molecule has 0 unspecified atom stereocenters. The van der Waals surface area contributed by atoms with Crippen molar-refractivity contribution in [2.45, 2.75) is 33.9 Å². The molecule has 1 heterocycles. The summed E-state index contributed by atoms with van der Waals surface area (Å²) in [5.41, 5.74) is 4.39. The number of sulfonamides is 1. The highest BCUT2D eigenvalue weighted by Crippen LogP contribution is 2.41. The number of carboxylic acids is 1. The quantitative estimate of drug-likeness (QED) is 0.308. The molecule has 0 saturated carbocycles. The Morgan fingerprint density at radius 3 is 2.15 bits per heavy atom. The maximum Gasteiger partial charge on any atom is 0.416 e. The molecule has 0 atom stereocenters. The van der Waals surface area contributed by atoms with Crippen molar-refractivity contribution < 1.29 is 41.0 Å². The highest BCUT2D eigenvalue weighted by Gasteiger charge is 2.33. The van der Waals surface area contributed by atoms with Gasteiger partial charge in [-0.25, -0.2) is 17.9 Å². The fourth-order valence-corrected chi connectivity index (χ4v) is 3.69. The molecule has 3 aromatic rings. The van der Waals surface area contributed by atoms with Crippen molar-refractivity contribution in [1.29, 1.82) is 0 Å². The Bertz CT molecular complexity index is 1530. The van der Waals surface area contributed by atoms with Gasteiger partial charge in [-0.3, -0.25) is 9.52 Å². The summed E-state index contributed by atoms with van der Waals surface area (Å²) in [6, 6.07) is 5.50. The first-order chi connectivity index (χ1) is 18.8. The topological polar surface area (TPSA) is 166 Å². The Kier molecular flexibility index (Phi) is 10.2. The number of methoxy groups -OCH3 is 1. The Morgan fingerprint density at radius 1 is 1.10 bits per heavy atom. The van der Waals surface area contributed by atoms with Crippen molar-refractivity contribution >= 4 is 33.3 Å². The lowest BCUT2D eigenvalue weighted by Gasteiger charge is -2.18. The first-order valence-corrected chi connectivity index (χ1v) is 13.8. The number of anilines is 2. The van der Waals surface area contributed by atoms with E-state index in [1.54, 1.807) is 13.0 Å². The van der Waals surface area contributed by atoms with Gasteiger partial charge in [0, 0.05) is 11.8 Å². The standard InChI is InChI=1S/C21H19F3N4O6S.C5H13N/c1-11-4-5-12(6-17(11)28-10-13(9-25-28)20(30)31)19(29)26-15-7-14(21(22,23)24)8-16(18(15)34-2)27-35(3,32)33;1-5(2,3)4-6/h4-10,27H,1-3H3,(H,26,29)(H,30,31);4,6H2,1-3H3. The molecule has 0 aliphatic rings. The van der Waals surface area contributed by atoms with Gasteiger partial charge in [-0.1, -0.05) is 26.8 Å². The van der Waals surface area contributed by atoms with Crippen molar-refractivity contribution in [2.24, 2.45) is 11.1 Å². The molecule has 0 saturated heterocycles. The van der Waals surface area contributed by atoms with Gasteiger partial charge in [0.2, 0.25) is 10.0 Å². The molecule has 224 valence electrons. The summed E-state index contributed by atoms with van der Waals surface area (Å²) < 4.78 is 71.9. The van der Waals surface area contributed by atoms with Crippen LogP contribution in [0.1, 0.15) is 52.6 Å². The zero-order valence-electron chi connectivity index (χ0n) is 23.3. The van der Waals surface area contributed by atoms with Gasteiger partial charge in [-0.15, -0.1) is 0 Å². The number of halogens is 3. The van der Waals surface area contributed by atoms with Crippen LogP contribution in [0.25, 0.3) is 5.69 Å². The number of nitrogens with one attached hydrogen (secondary N) is 2. The fraction of sp³-hybridized carbons (Fsp3) is 0.346. The lowest BCUT2D eigenvalue weighted by atomic mass is 9.98. The van der Waals surface area contributed by atoms with Crippen LogP contribution in [0.3, 0.4) is 0 Å². The highest BCUT2D eigenvalue weighted by atomic mass is 32.2. The van der Waals surface area contributed by atoms with E-state index in [-0.39, 0.29) is 16.9 Å². The van der Waals surface area contributed by atoms with Crippen LogP contribution < -0.4 is 20.5 Å². The van der Waals surface area contributed by atoms with Gasteiger partial charge in [0.05, 0.1) is 47.8 Å². The predicted octanol–water partition coefficient (Wildman–Crippen LogP) is 4.52. The number of nitrogens with zero attached hydrogens (tertiary/aromatic N) is 2. The number of aromatic nitrogens is 2. The minimum Gasteiger partial charge on any atom is -0.492 e.